The molecule has 1 amide bonds. The van der Waals surface area contributed by atoms with E-state index in [0.29, 0.717) is 26.1 Å². The Kier molecular flexibility index (Phi) is 7.54. The lowest BCUT2D eigenvalue weighted by Gasteiger charge is -2.40. The number of anilines is 1. The number of amides is 1. The van der Waals surface area contributed by atoms with Gasteiger partial charge in [0.2, 0.25) is 5.91 Å². The van der Waals surface area contributed by atoms with Crippen molar-refractivity contribution < 1.29 is 9.53 Å². The van der Waals surface area contributed by atoms with Gasteiger partial charge in [0.25, 0.3) is 0 Å². The number of nitrogens with zero attached hydrogens (tertiary/aromatic N) is 3. The minimum Gasteiger partial charge on any atom is -0.381 e. The number of nitrogens with two attached hydrogens (primary N) is 1. The zero-order chi connectivity index (χ0) is 14.9. The highest BCUT2D eigenvalue weighted by Crippen LogP contribution is 2.25. The SMILES string of the molecule is Cc1cnc(N2CCN(C(=O)C3(N)CCOCC3)CC2)s1.Cl.Cl. The smallest absolute Gasteiger partial charge is 0.242 e. The van der Waals surface area contributed by atoms with Crippen molar-refractivity contribution in [3.63, 3.8) is 0 Å². The molecule has 2 N–H and O–H groups in total. The van der Waals surface area contributed by atoms with Gasteiger partial charge in [0, 0.05) is 50.5 Å². The molecule has 0 aliphatic carbocycles. The second-order valence-electron chi connectivity index (χ2n) is 5.80. The first kappa shape index (κ1) is 20.4. The number of carbonyl (C=O) groups is 1. The fraction of sp³-hybridized carbons (Fsp3) is 0.714. The largest absolute Gasteiger partial charge is 0.381 e. The highest BCUT2D eigenvalue weighted by atomic mass is 35.5. The van der Waals surface area contributed by atoms with Gasteiger partial charge in [-0.1, -0.05) is 0 Å². The van der Waals surface area contributed by atoms with Gasteiger partial charge < -0.3 is 20.3 Å². The molecular formula is C14H24Cl2N4O2S. The second kappa shape index (κ2) is 8.48. The molecule has 3 heterocycles. The molecule has 0 atom stereocenters. The molecule has 0 bridgehead atoms. The predicted octanol–water partition coefficient (Wildman–Crippen LogP) is 1.45. The number of hydrogen-bond acceptors (Lipinski definition) is 6. The topological polar surface area (TPSA) is 71.7 Å². The zero-order valence-corrected chi connectivity index (χ0v) is 15.6. The van der Waals surface area contributed by atoms with Gasteiger partial charge in [0.1, 0.15) is 0 Å². The quantitative estimate of drug-likeness (QED) is 0.837. The van der Waals surface area contributed by atoms with Gasteiger partial charge in [-0.2, -0.15) is 0 Å². The van der Waals surface area contributed by atoms with Gasteiger partial charge in [-0.3, -0.25) is 4.79 Å². The van der Waals surface area contributed by atoms with Crippen molar-refractivity contribution in [1.29, 1.82) is 0 Å². The summed E-state index contributed by atoms with van der Waals surface area (Å²) in [5, 5.41) is 1.05. The number of aryl methyl sites for hydroxylation is 1. The third-order valence-electron chi connectivity index (χ3n) is 4.26. The molecule has 23 heavy (non-hydrogen) atoms. The van der Waals surface area contributed by atoms with Crippen LogP contribution in [0.3, 0.4) is 0 Å². The Labute approximate surface area is 153 Å². The Morgan fingerprint density at radius 2 is 1.87 bits per heavy atom. The van der Waals surface area contributed by atoms with Gasteiger partial charge >= 0.3 is 0 Å². The minimum absolute atomic E-state index is 0. The number of aromatic nitrogens is 1. The molecule has 1 aromatic rings. The monoisotopic (exact) mass is 382 g/mol. The maximum absolute atomic E-state index is 12.6. The molecule has 2 saturated heterocycles. The molecule has 6 nitrogen and oxygen atoms in total. The number of carbonyl (C=O) groups excluding carboxylic acids is 1. The van der Waals surface area contributed by atoms with Gasteiger partial charge in [-0.15, -0.1) is 36.2 Å². The molecule has 0 saturated carbocycles. The molecule has 0 unspecified atom stereocenters. The lowest BCUT2D eigenvalue weighted by atomic mass is 9.89. The van der Waals surface area contributed by atoms with Crippen molar-refractivity contribution in [1.82, 2.24) is 9.88 Å². The van der Waals surface area contributed by atoms with E-state index in [-0.39, 0.29) is 30.7 Å². The Bertz CT molecular complexity index is 515. The van der Waals surface area contributed by atoms with E-state index in [2.05, 4.69) is 16.8 Å². The van der Waals surface area contributed by atoms with E-state index >= 15 is 0 Å². The van der Waals surface area contributed by atoms with Crippen LogP contribution in [0, 0.1) is 6.92 Å². The van der Waals surface area contributed by atoms with E-state index in [0.717, 1.165) is 31.3 Å². The summed E-state index contributed by atoms with van der Waals surface area (Å²) in [6.07, 6.45) is 3.14. The van der Waals surface area contributed by atoms with Gasteiger partial charge in [0.15, 0.2) is 5.13 Å². The fourth-order valence-corrected chi connectivity index (χ4v) is 3.66. The zero-order valence-electron chi connectivity index (χ0n) is 13.2. The summed E-state index contributed by atoms with van der Waals surface area (Å²) in [6.45, 7) is 6.32. The van der Waals surface area contributed by atoms with Crippen LogP contribution in [0.1, 0.15) is 17.7 Å². The number of hydrogen-bond donors (Lipinski definition) is 1. The van der Waals surface area contributed by atoms with Crippen LogP contribution >= 0.6 is 36.2 Å². The van der Waals surface area contributed by atoms with Crippen LogP contribution in [0.4, 0.5) is 5.13 Å². The summed E-state index contributed by atoms with van der Waals surface area (Å²) >= 11 is 1.70. The minimum atomic E-state index is -0.724. The van der Waals surface area contributed by atoms with Crippen LogP contribution in [0.15, 0.2) is 6.20 Å². The number of ether oxygens (including phenoxy) is 1. The van der Waals surface area contributed by atoms with Crippen LogP contribution < -0.4 is 10.6 Å². The Hall–Kier alpha value is -0.600. The Morgan fingerprint density at radius 1 is 1.26 bits per heavy atom. The third kappa shape index (κ3) is 4.48. The Morgan fingerprint density at radius 3 is 2.39 bits per heavy atom. The van der Waals surface area contributed by atoms with E-state index in [1.165, 1.54) is 4.88 Å². The average molecular weight is 383 g/mol. The first-order chi connectivity index (χ1) is 10.1. The summed E-state index contributed by atoms with van der Waals surface area (Å²) in [6, 6.07) is 0. The summed E-state index contributed by atoms with van der Waals surface area (Å²) in [5.74, 6) is 0.0840. The average Bonchev–Trinajstić information content (AvgIpc) is 2.94. The van der Waals surface area contributed by atoms with Crippen molar-refractivity contribution in [2.75, 3.05) is 44.3 Å². The van der Waals surface area contributed by atoms with Crippen LogP contribution in [-0.4, -0.2) is 60.7 Å². The van der Waals surface area contributed by atoms with Crippen LogP contribution in [0.5, 0.6) is 0 Å². The molecule has 0 aromatic carbocycles. The van der Waals surface area contributed by atoms with Crippen LogP contribution in [-0.2, 0) is 9.53 Å². The number of piperazine rings is 1. The van der Waals surface area contributed by atoms with Crippen molar-refractivity contribution >= 4 is 47.2 Å². The maximum atomic E-state index is 12.6. The molecular weight excluding hydrogens is 359 g/mol. The van der Waals surface area contributed by atoms with E-state index in [9.17, 15) is 4.79 Å². The molecule has 0 spiro atoms. The molecule has 2 fully saturated rings. The van der Waals surface area contributed by atoms with Crippen molar-refractivity contribution in [2.24, 2.45) is 5.73 Å². The summed E-state index contributed by atoms with van der Waals surface area (Å²) in [4.78, 5) is 22.4. The molecule has 1 aromatic heterocycles. The highest BCUT2D eigenvalue weighted by molar-refractivity contribution is 7.15. The van der Waals surface area contributed by atoms with E-state index in [1.54, 1.807) is 11.3 Å². The normalized spacial score (nSPS) is 20.4. The summed E-state index contributed by atoms with van der Waals surface area (Å²) in [7, 11) is 0. The molecule has 2 aliphatic rings. The molecule has 9 heteroatoms. The summed E-state index contributed by atoms with van der Waals surface area (Å²) < 4.78 is 5.31. The lowest BCUT2D eigenvalue weighted by molar-refractivity contribution is -0.140. The highest BCUT2D eigenvalue weighted by Gasteiger charge is 2.39. The van der Waals surface area contributed by atoms with Gasteiger partial charge in [-0.25, -0.2) is 4.98 Å². The molecule has 3 rings (SSSR count). The lowest BCUT2D eigenvalue weighted by Crippen LogP contribution is -2.61. The standard InChI is InChI=1S/C14H22N4O2S.2ClH/c1-11-10-16-13(21-11)18-6-4-17(5-7-18)12(19)14(15)2-8-20-9-3-14;;/h10H,2-9,15H2,1H3;2*1H. The number of halogens is 2. The summed E-state index contributed by atoms with van der Waals surface area (Å²) in [5.41, 5.74) is 5.56. The van der Waals surface area contributed by atoms with Crippen molar-refractivity contribution in [2.45, 2.75) is 25.3 Å². The van der Waals surface area contributed by atoms with Crippen LogP contribution in [0.25, 0.3) is 0 Å². The number of thiazole rings is 1. The molecule has 2 aliphatic heterocycles. The maximum Gasteiger partial charge on any atom is 0.242 e. The van der Waals surface area contributed by atoms with E-state index in [4.69, 9.17) is 10.5 Å². The second-order valence-corrected chi connectivity index (χ2v) is 7.01. The fourth-order valence-electron chi connectivity index (χ4n) is 2.85. The van der Waals surface area contributed by atoms with Crippen molar-refractivity contribution in [3.05, 3.63) is 11.1 Å². The Balaban J connectivity index is 0.00000132. The van der Waals surface area contributed by atoms with E-state index in [1.807, 2.05) is 11.1 Å². The van der Waals surface area contributed by atoms with E-state index < -0.39 is 5.54 Å². The van der Waals surface area contributed by atoms with Crippen molar-refractivity contribution in [3.8, 4) is 0 Å². The third-order valence-corrected chi connectivity index (χ3v) is 5.23. The number of rotatable bonds is 2. The van der Waals surface area contributed by atoms with Gasteiger partial charge in [0.05, 0.1) is 5.54 Å². The molecule has 0 radical (unpaired) electrons. The first-order valence-corrected chi connectivity index (χ1v) is 8.23. The first-order valence-electron chi connectivity index (χ1n) is 7.42. The van der Waals surface area contributed by atoms with Crippen LogP contribution in [0.2, 0.25) is 0 Å². The predicted molar refractivity (Wildman–Crippen MR) is 97.1 cm³/mol. The van der Waals surface area contributed by atoms with Gasteiger partial charge in [-0.05, 0) is 19.8 Å². The molecule has 132 valence electrons.